The zero-order chi connectivity index (χ0) is 23.7. The Morgan fingerprint density at radius 3 is 2.82 bits per heavy atom. The number of hydrogen-bond acceptors (Lipinski definition) is 6. The normalized spacial score (nSPS) is 13.7. The Balaban J connectivity index is 1.53. The molecule has 0 bridgehead atoms. The fraction of sp³-hybridized carbons (Fsp3) is 0.250. The van der Waals surface area contributed by atoms with Crippen molar-refractivity contribution in [2.24, 2.45) is 0 Å². The first-order valence-electron chi connectivity index (χ1n) is 10.7. The average Bonchev–Trinajstić information content (AvgIpc) is 3.54. The van der Waals surface area contributed by atoms with Gasteiger partial charge in [-0.25, -0.2) is 9.97 Å². The number of benzene rings is 2. The summed E-state index contributed by atoms with van der Waals surface area (Å²) in [7, 11) is 0. The fourth-order valence-corrected chi connectivity index (χ4v) is 4.95. The van der Waals surface area contributed by atoms with Crippen LogP contribution < -0.4 is 9.64 Å². The number of fused-ring (bicyclic) bond motifs is 1. The van der Waals surface area contributed by atoms with Crippen molar-refractivity contribution in [1.82, 2.24) is 14.5 Å². The van der Waals surface area contributed by atoms with E-state index in [0.29, 0.717) is 52.5 Å². The van der Waals surface area contributed by atoms with Crippen LogP contribution in [0, 0.1) is 11.3 Å². The molecule has 1 aliphatic rings. The third-order valence-corrected chi connectivity index (χ3v) is 6.57. The minimum Gasteiger partial charge on any atom is -0.434 e. The van der Waals surface area contributed by atoms with Gasteiger partial charge in [-0.05, 0) is 30.7 Å². The molecule has 1 amide bonds. The number of anilines is 1. The van der Waals surface area contributed by atoms with E-state index in [0.717, 1.165) is 12.1 Å². The van der Waals surface area contributed by atoms with E-state index in [2.05, 4.69) is 11.1 Å². The van der Waals surface area contributed by atoms with Crippen LogP contribution in [0.25, 0.3) is 11.0 Å². The van der Waals surface area contributed by atoms with Crippen molar-refractivity contribution in [2.75, 3.05) is 11.4 Å². The average molecular weight is 480 g/mol. The van der Waals surface area contributed by atoms with Gasteiger partial charge in [0.2, 0.25) is 5.91 Å². The minimum absolute atomic E-state index is 0.0767. The first kappa shape index (κ1) is 22.0. The molecule has 0 radical (unpaired) electrons. The van der Waals surface area contributed by atoms with Gasteiger partial charge in [0, 0.05) is 30.3 Å². The Morgan fingerprint density at radius 2 is 2.06 bits per heavy atom. The Kier molecular flexibility index (Phi) is 5.94. The van der Waals surface area contributed by atoms with Crippen molar-refractivity contribution >= 4 is 33.4 Å². The zero-order valence-electron chi connectivity index (χ0n) is 17.9. The molecule has 1 fully saturated rings. The number of ether oxygens (including phenoxy) is 1. The Morgan fingerprint density at radius 1 is 1.21 bits per heavy atom. The van der Waals surface area contributed by atoms with Crippen LogP contribution >= 0.6 is 11.3 Å². The second kappa shape index (κ2) is 9.19. The first-order chi connectivity index (χ1) is 16.5. The molecule has 7 nitrogen and oxygen atoms in total. The molecule has 0 unspecified atom stereocenters. The molecule has 2 aromatic heterocycles. The highest BCUT2D eigenvalue weighted by Gasteiger charge is 2.24. The molecular formula is C24H19F2N5O2S. The summed E-state index contributed by atoms with van der Waals surface area (Å²) in [6.07, 6.45) is 1.74. The molecule has 0 N–H and O–H groups in total. The number of rotatable bonds is 7. The summed E-state index contributed by atoms with van der Waals surface area (Å²) in [5.41, 5.74) is 3.19. The van der Waals surface area contributed by atoms with Gasteiger partial charge < -0.3 is 9.30 Å². The number of carbonyl (C=O) groups excluding carboxylic acids is 1. The molecule has 0 aliphatic carbocycles. The van der Waals surface area contributed by atoms with Gasteiger partial charge in [0.25, 0.3) is 0 Å². The van der Waals surface area contributed by atoms with Gasteiger partial charge in [0.1, 0.15) is 11.6 Å². The molecule has 1 aliphatic heterocycles. The van der Waals surface area contributed by atoms with Crippen LogP contribution in [-0.4, -0.2) is 33.6 Å². The number of alkyl halides is 2. The van der Waals surface area contributed by atoms with E-state index < -0.39 is 6.61 Å². The van der Waals surface area contributed by atoms with E-state index in [1.54, 1.807) is 41.3 Å². The number of imidazole rings is 1. The number of nitriles is 1. The van der Waals surface area contributed by atoms with E-state index in [9.17, 15) is 18.8 Å². The quantitative estimate of drug-likeness (QED) is 0.383. The highest BCUT2D eigenvalue weighted by molar-refractivity contribution is 7.14. The minimum atomic E-state index is -2.94. The number of thiazole rings is 1. The van der Waals surface area contributed by atoms with Gasteiger partial charge in [-0.15, -0.1) is 11.3 Å². The lowest BCUT2D eigenvalue weighted by Gasteiger charge is -2.14. The van der Waals surface area contributed by atoms with Gasteiger partial charge in [-0.1, -0.05) is 18.2 Å². The smallest absolute Gasteiger partial charge is 0.387 e. The standard InChI is InChI=1S/C24H19F2N5O2S/c25-23(26)33-20-5-2-1-4-16(20)13-31-19-10-15(12-27)7-8-18(19)29-21(31)11-17-14-34-24(28-17)30-9-3-6-22(30)32/h1-2,4-5,7-8,10,14,23H,3,6,9,11,13H2. The van der Waals surface area contributed by atoms with Crippen molar-refractivity contribution in [2.45, 2.75) is 32.4 Å². The monoisotopic (exact) mass is 479 g/mol. The van der Waals surface area contributed by atoms with Crippen molar-refractivity contribution < 1.29 is 18.3 Å². The SMILES string of the molecule is N#Cc1ccc2nc(Cc3csc(N4CCCC4=O)n3)n(Cc3ccccc3OC(F)F)c2c1. The zero-order valence-corrected chi connectivity index (χ0v) is 18.8. The van der Waals surface area contributed by atoms with Crippen molar-refractivity contribution in [3.63, 3.8) is 0 Å². The van der Waals surface area contributed by atoms with E-state index in [1.807, 2.05) is 9.95 Å². The molecule has 1 saturated heterocycles. The molecule has 34 heavy (non-hydrogen) atoms. The van der Waals surface area contributed by atoms with Gasteiger partial charge in [0.05, 0.1) is 34.9 Å². The Labute approximate surface area is 197 Å². The van der Waals surface area contributed by atoms with E-state index in [1.165, 1.54) is 17.4 Å². The number of aromatic nitrogens is 3. The lowest BCUT2D eigenvalue weighted by molar-refractivity contribution is -0.117. The van der Waals surface area contributed by atoms with Crippen LogP contribution in [0.2, 0.25) is 0 Å². The van der Waals surface area contributed by atoms with Crippen molar-refractivity contribution in [3.8, 4) is 11.8 Å². The topological polar surface area (TPSA) is 84.0 Å². The number of para-hydroxylation sites is 1. The van der Waals surface area contributed by atoms with Crippen LogP contribution in [0.3, 0.4) is 0 Å². The highest BCUT2D eigenvalue weighted by Crippen LogP contribution is 2.29. The van der Waals surface area contributed by atoms with Gasteiger partial charge in [0.15, 0.2) is 5.13 Å². The highest BCUT2D eigenvalue weighted by atomic mass is 32.1. The van der Waals surface area contributed by atoms with Crippen LogP contribution in [0.5, 0.6) is 5.75 Å². The van der Waals surface area contributed by atoms with Crippen molar-refractivity contribution in [3.05, 3.63) is 70.5 Å². The van der Waals surface area contributed by atoms with Gasteiger partial charge in [-0.3, -0.25) is 9.69 Å². The molecule has 0 spiro atoms. The lowest BCUT2D eigenvalue weighted by atomic mass is 10.1. The molecule has 4 aromatic rings. The molecule has 0 saturated carbocycles. The fourth-order valence-electron chi connectivity index (χ4n) is 4.08. The third kappa shape index (κ3) is 4.34. The summed E-state index contributed by atoms with van der Waals surface area (Å²) < 4.78 is 32.5. The Hall–Kier alpha value is -3.84. The molecule has 2 aromatic carbocycles. The largest absolute Gasteiger partial charge is 0.434 e. The number of amides is 1. The second-order valence-electron chi connectivity index (χ2n) is 7.86. The van der Waals surface area contributed by atoms with Crippen molar-refractivity contribution in [1.29, 1.82) is 5.26 Å². The second-order valence-corrected chi connectivity index (χ2v) is 8.70. The number of hydrogen-bond donors (Lipinski definition) is 0. The summed E-state index contributed by atoms with van der Waals surface area (Å²) in [5, 5.41) is 11.9. The summed E-state index contributed by atoms with van der Waals surface area (Å²) in [5.74, 6) is 0.833. The summed E-state index contributed by atoms with van der Waals surface area (Å²) in [4.78, 5) is 23.2. The molecule has 3 heterocycles. The van der Waals surface area contributed by atoms with E-state index >= 15 is 0 Å². The Bertz CT molecular complexity index is 1410. The van der Waals surface area contributed by atoms with E-state index in [4.69, 9.17) is 9.72 Å². The maximum atomic E-state index is 12.9. The molecular weight excluding hydrogens is 460 g/mol. The first-order valence-corrected chi connectivity index (χ1v) is 11.6. The number of carbonyl (C=O) groups is 1. The van der Waals surface area contributed by atoms with Crippen LogP contribution in [0.15, 0.2) is 47.8 Å². The van der Waals surface area contributed by atoms with Gasteiger partial charge >= 0.3 is 6.61 Å². The molecule has 10 heteroatoms. The van der Waals surface area contributed by atoms with E-state index in [-0.39, 0.29) is 18.2 Å². The third-order valence-electron chi connectivity index (χ3n) is 5.66. The maximum absolute atomic E-state index is 12.9. The summed E-state index contributed by atoms with van der Waals surface area (Å²) in [6, 6.07) is 13.9. The maximum Gasteiger partial charge on any atom is 0.387 e. The molecule has 5 rings (SSSR count). The lowest BCUT2D eigenvalue weighted by Crippen LogP contribution is -2.23. The summed E-state index contributed by atoms with van der Waals surface area (Å²) in [6.45, 7) is -2.04. The number of nitrogens with zero attached hydrogens (tertiary/aromatic N) is 5. The van der Waals surface area contributed by atoms with Crippen LogP contribution in [0.4, 0.5) is 13.9 Å². The predicted molar refractivity (Wildman–Crippen MR) is 123 cm³/mol. The predicted octanol–water partition coefficient (Wildman–Crippen LogP) is 4.73. The van der Waals surface area contributed by atoms with Gasteiger partial charge in [-0.2, -0.15) is 14.0 Å². The molecule has 172 valence electrons. The number of halogens is 2. The summed E-state index contributed by atoms with van der Waals surface area (Å²) >= 11 is 1.41. The van der Waals surface area contributed by atoms with Crippen LogP contribution in [0.1, 0.15) is 35.5 Å². The molecule has 0 atom stereocenters. The van der Waals surface area contributed by atoms with Crippen LogP contribution in [-0.2, 0) is 17.8 Å².